The third-order valence-corrected chi connectivity index (χ3v) is 3.93. The average Bonchev–Trinajstić information content (AvgIpc) is 2.37. The highest BCUT2D eigenvalue weighted by molar-refractivity contribution is 5.13. The molecule has 0 spiro atoms. The molecule has 1 nitrogen and oxygen atoms in total. The smallest absolute Gasteiger partial charge is 0.373 e. The van der Waals surface area contributed by atoms with E-state index < -0.39 is 18.2 Å². The lowest BCUT2D eigenvalue weighted by atomic mass is 9.88. The van der Waals surface area contributed by atoms with Gasteiger partial charge >= 0.3 is 6.18 Å². The summed E-state index contributed by atoms with van der Waals surface area (Å²) in [5, 5.41) is 0. The summed E-state index contributed by atoms with van der Waals surface area (Å²) in [5.74, 6) is -1.31. The van der Waals surface area contributed by atoms with Crippen LogP contribution in [0.4, 0.5) is 13.2 Å². The minimum absolute atomic E-state index is 0.197. The molecular formula is C16H21F3O. The lowest BCUT2D eigenvalue weighted by molar-refractivity contribution is -0.213. The molecule has 1 aromatic carbocycles. The molecule has 0 N–H and O–H groups in total. The molecule has 1 fully saturated rings. The second kappa shape index (κ2) is 7.11. The van der Waals surface area contributed by atoms with Crippen molar-refractivity contribution in [3.8, 4) is 0 Å². The summed E-state index contributed by atoms with van der Waals surface area (Å²) in [6.07, 6.45) is -0.760. The zero-order valence-electron chi connectivity index (χ0n) is 11.5. The molecule has 0 aliphatic heterocycles. The molecule has 1 aliphatic carbocycles. The van der Waals surface area contributed by atoms with Crippen LogP contribution in [0.25, 0.3) is 0 Å². The Labute approximate surface area is 118 Å². The van der Waals surface area contributed by atoms with E-state index >= 15 is 0 Å². The number of alkyl halides is 3. The van der Waals surface area contributed by atoms with E-state index in [0.29, 0.717) is 12.8 Å². The molecule has 2 atom stereocenters. The largest absolute Gasteiger partial charge is 0.394 e. The van der Waals surface area contributed by atoms with Crippen molar-refractivity contribution in [3.05, 3.63) is 35.9 Å². The van der Waals surface area contributed by atoms with Crippen molar-refractivity contribution < 1.29 is 17.9 Å². The van der Waals surface area contributed by atoms with E-state index in [0.717, 1.165) is 24.8 Å². The summed E-state index contributed by atoms with van der Waals surface area (Å²) in [6, 6.07) is 9.39. The summed E-state index contributed by atoms with van der Waals surface area (Å²) in [4.78, 5) is 0. The summed E-state index contributed by atoms with van der Waals surface area (Å²) in [5.41, 5.74) is 0.926. The Bertz CT molecular complexity index is 388. The molecule has 0 saturated heterocycles. The van der Waals surface area contributed by atoms with Gasteiger partial charge in [0.2, 0.25) is 0 Å². The Morgan fingerprint density at radius 1 is 0.950 bits per heavy atom. The molecule has 1 aromatic rings. The van der Waals surface area contributed by atoms with Crippen LogP contribution in [-0.2, 0) is 11.3 Å². The Hall–Kier alpha value is -1.03. The lowest BCUT2D eigenvalue weighted by Crippen LogP contribution is -2.36. The monoisotopic (exact) mass is 286 g/mol. The van der Waals surface area contributed by atoms with Gasteiger partial charge in [0.15, 0.2) is 0 Å². The van der Waals surface area contributed by atoms with E-state index in [-0.39, 0.29) is 13.0 Å². The molecule has 0 unspecified atom stereocenters. The Morgan fingerprint density at radius 3 is 2.25 bits per heavy atom. The molecule has 20 heavy (non-hydrogen) atoms. The molecule has 0 bridgehead atoms. The second-order valence-electron chi connectivity index (χ2n) is 5.47. The maximum Gasteiger partial charge on any atom is 0.394 e. The lowest BCUT2D eigenvalue weighted by Gasteiger charge is -2.31. The molecule has 1 saturated carbocycles. The quantitative estimate of drug-likeness (QED) is 0.750. The topological polar surface area (TPSA) is 9.23 Å². The first-order chi connectivity index (χ1) is 9.57. The zero-order chi connectivity index (χ0) is 14.4. The normalized spacial score (nSPS) is 24.9. The second-order valence-corrected chi connectivity index (χ2v) is 5.47. The van der Waals surface area contributed by atoms with E-state index in [2.05, 4.69) is 0 Å². The van der Waals surface area contributed by atoms with Gasteiger partial charge in [-0.3, -0.25) is 0 Å². The first kappa shape index (κ1) is 15.4. The molecule has 1 aliphatic rings. The van der Waals surface area contributed by atoms with Gasteiger partial charge in [-0.05, 0) is 18.4 Å². The van der Waals surface area contributed by atoms with Crippen LogP contribution in [0.1, 0.15) is 44.1 Å². The third-order valence-electron chi connectivity index (χ3n) is 3.93. The third kappa shape index (κ3) is 4.51. The molecule has 112 valence electrons. The van der Waals surface area contributed by atoms with Crippen LogP contribution in [0.2, 0.25) is 0 Å². The highest BCUT2D eigenvalue weighted by Gasteiger charge is 2.44. The maximum atomic E-state index is 13.2. The van der Waals surface area contributed by atoms with Crippen LogP contribution >= 0.6 is 0 Å². The van der Waals surface area contributed by atoms with E-state index in [1.165, 1.54) is 0 Å². The van der Waals surface area contributed by atoms with E-state index in [9.17, 15) is 13.2 Å². The summed E-state index contributed by atoms with van der Waals surface area (Å²) in [6.45, 7) is 0.262. The number of halogens is 3. The van der Waals surface area contributed by atoms with Gasteiger partial charge in [-0.2, -0.15) is 13.2 Å². The maximum absolute atomic E-state index is 13.2. The van der Waals surface area contributed by atoms with Gasteiger partial charge < -0.3 is 4.74 Å². The van der Waals surface area contributed by atoms with Gasteiger partial charge in [0.05, 0.1) is 18.6 Å². The highest BCUT2D eigenvalue weighted by atomic mass is 19.4. The summed E-state index contributed by atoms with van der Waals surface area (Å²) in [7, 11) is 0. The minimum Gasteiger partial charge on any atom is -0.373 e. The van der Waals surface area contributed by atoms with E-state index in [1.54, 1.807) is 0 Å². The molecule has 0 aromatic heterocycles. The molecular weight excluding hydrogens is 265 g/mol. The fourth-order valence-electron chi connectivity index (χ4n) is 2.80. The fraction of sp³-hybridized carbons (Fsp3) is 0.625. The molecule has 0 amide bonds. The highest BCUT2D eigenvalue weighted by Crippen LogP contribution is 2.37. The number of hydrogen-bond acceptors (Lipinski definition) is 1. The molecule has 0 radical (unpaired) electrons. The fourth-order valence-corrected chi connectivity index (χ4v) is 2.80. The number of ether oxygens (including phenoxy) is 1. The van der Waals surface area contributed by atoms with Gasteiger partial charge in [0.25, 0.3) is 0 Å². The standard InChI is InChI=1S/C16H21F3O/c17-16(18,19)14-10-6-1-2-7-11-15(14)20-12-13-8-4-3-5-9-13/h3-5,8-9,14-15H,1-2,6-7,10-12H2/t14-,15-/m1/s1. The summed E-state index contributed by atoms with van der Waals surface area (Å²) < 4.78 is 45.1. The van der Waals surface area contributed by atoms with Crippen molar-refractivity contribution in [2.24, 2.45) is 5.92 Å². The zero-order valence-corrected chi connectivity index (χ0v) is 11.5. The molecule has 4 heteroatoms. The van der Waals surface area contributed by atoms with E-state index in [1.807, 2.05) is 30.3 Å². The number of benzene rings is 1. The van der Waals surface area contributed by atoms with Crippen LogP contribution in [0.5, 0.6) is 0 Å². The van der Waals surface area contributed by atoms with Crippen LogP contribution in [0.15, 0.2) is 30.3 Å². The van der Waals surface area contributed by atoms with Crippen LogP contribution in [0.3, 0.4) is 0 Å². The van der Waals surface area contributed by atoms with Crippen molar-refractivity contribution in [3.63, 3.8) is 0 Å². The Morgan fingerprint density at radius 2 is 1.60 bits per heavy atom. The van der Waals surface area contributed by atoms with Gasteiger partial charge in [0, 0.05) is 0 Å². The van der Waals surface area contributed by atoms with Gasteiger partial charge in [-0.15, -0.1) is 0 Å². The van der Waals surface area contributed by atoms with Gasteiger partial charge in [-0.25, -0.2) is 0 Å². The Balaban J connectivity index is 2.00. The van der Waals surface area contributed by atoms with Crippen molar-refractivity contribution >= 4 is 0 Å². The van der Waals surface area contributed by atoms with Gasteiger partial charge in [0.1, 0.15) is 0 Å². The van der Waals surface area contributed by atoms with Crippen molar-refractivity contribution in [1.82, 2.24) is 0 Å². The number of rotatable bonds is 3. The Kier molecular flexibility index (Phi) is 5.46. The molecule has 0 heterocycles. The first-order valence-corrected chi connectivity index (χ1v) is 7.29. The van der Waals surface area contributed by atoms with Crippen molar-refractivity contribution in [2.75, 3.05) is 0 Å². The van der Waals surface area contributed by atoms with Gasteiger partial charge in [-0.1, -0.05) is 56.0 Å². The molecule has 2 rings (SSSR count). The van der Waals surface area contributed by atoms with Crippen LogP contribution in [-0.4, -0.2) is 12.3 Å². The predicted molar refractivity (Wildman–Crippen MR) is 72.3 cm³/mol. The summed E-state index contributed by atoms with van der Waals surface area (Å²) >= 11 is 0. The number of hydrogen-bond donors (Lipinski definition) is 0. The van der Waals surface area contributed by atoms with Crippen LogP contribution in [0, 0.1) is 5.92 Å². The van der Waals surface area contributed by atoms with E-state index in [4.69, 9.17) is 4.74 Å². The SMILES string of the molecule is FC(F)(F)[C@@H]1CCCCCC[C@H]1OCc1ccccc1. The minimum atomic E-state index is -4.15. The van der Waals surface area contributed by atoms with Crippen molar-refractivity contribution in [2.45, 2.75) is 57.4 Å². The van der Waals surface area contributed by atoms with Crippen LogP contribution < -0.4 is 0 Å². The van der Waals surface area contributed by atoms with Crippen molar-refractivity contribution in [1.29, 1.82) is 0 Å². The first-order valence-electron chi connectivity index (χ1n) is 7.29. The average molecular weight is 286 g/mol. The predicted octanol–water partition coefficient (Wildman–Crippen LogP) is 5.10.